The minimum atomic E-state index is -0.801. The molecule has 0 rings (SSSR count). The maximum Gasteiger partial charge on any atom is 0.307 e. The second-order valence-electron chi connectivity index (χ2n) is 2.34. The van der Waals surface area contributed by atoms with Gasteiger partial charge >= 0.3 is 5.97 Å². The van der Waals surface area contributed by atoms with Gasteiger partial charge in [-0.1, -0.05) is 11.1 Å². The highest BCUT2D eigenvalue weighted by molar-refractivity contribution is 5.70. The van der Waals surface area contributed by atoms with Crippen molar-refractivity contribution in [3.63, 3.8) is 0 Å². The molecule has 0 aromatic carbocycles. The third-order valence-electron chi connectivity index (χ3n) is 1.45. The molecule has 0 unspecified atom stereocenters. The summed E-state index contributed by atoms with van der Waals surface area (Å²) < 4.78 is 0. The normalized spacial score (nSPS) is 12.7. The molecule has 0 spiro atoms. The number of rotatable bonds is 3. The molecule has 0 bridgehead atoms. The molecule has 3 heteroatoms. The number of hydrogen-bond acceptors (Lipinski definition) is 2. The molecule has 0 aliphatic rings. The van der Waals surface area contributed by atoms with E-state index in [1.807, 2.05) is 6.92 Å². The molecule has 0 heterocycles. The van der Waals surface area contributed by atoms with E-state index in [4.69, 9.17) is 10.8 Å². The van der Waals surface area contributed by atoms with Crippen molar-refractivity contribution in [2.24, 2.45) is 5.73 Å². The van der Waals surface area contributed by atoms with Gasteiger partial charge in [0.25, 0.3) is 0 Å². The molecule has 0 radical (unpaired) electrons. The van der Waals surface area contributed by atoms with E-state index >= 15 is 0 Å². The van der Waals surface area contributed by atoms with Crippen molar-refractivity contribution in [1.82, 2.24) is 0 Å². The first kappa shape index (κ1) is 9.17. The second-order valence-corrected chi connectivity index (χ2v) is 2.34. The lowest BCUT2D eigenvalue weighted by atomic mass is 10.1. The van der Waals surface area contributed by atoms with Gasteiger partial charge in [-0.15, -0.1) is 0 Å². The number of carboxylic acids is 1. The third-order valence-corrected chi connectivity index (χ3v) is 1.45. The fraction of sp³-hybridized carbons (Fsp3) is 0.571. The SMILES string of the molecule is C/C(CN)=C(/C)CC(=O)O. The Morgan fingerprint density at radius 2 is 1.90 bits per heavy atom. The van der Waals surface area contributed by atoms with Crippen LogP contribution in [0.5, 0.6) is 0 Å². The van der Waals surface area contributed by atoms with Crippen molar-refractivity contribution in [2.45, 2.75) is 20.3 Å². The van der Waals surface area contributed by atoms with Gasteiger partial charge < -0.3 is 10.8 Å². The van der Waals surface area contributed by atoms with Crippen LogP contribution in [0.4, 0.5) is 0 Å². The number of carbonyl (C=O) groups is 1. The molecule has 10 heavy (non-hydrogen) atoms. The van der Waals surface area contributed by atoms with Crippen LogP contribution >= 0.6 is 0 Å². The fourth-order valence-electron chi connectivity index (χ4n) is 0.552. The Kier molecular flexibility index (Phi) is 3.72. The van der Waals surface area contributed by atoms with Gasteiger partial charge in [-0.3, -0.25) is 4.79 Å². The summed E-state index contributed by atoms with van der Waals surface area (Å²) in [4.78, 5) is 10.2. The second kappa shape index (κ2) is 4.06. The van der Waals surface area contributed by atoms with Crippen LogP contribution in [0, 0.1) is 0 Å². The fourth-order valence-corrected chi connectivity index (χ4v) is 0.552. The molecule has 0 saturated heterocycles. The maximum absolute atomic E-state index is 10.2. The molecule has 0 aliphatic heterocycles. The van der Waals surface area contributed by atoms with Gasteiger partial charge in [-0.05, 0) is 13.8 Å². The molecular weight excluding hydrogens is 130 g/mol. The van der Waals surface area contributed by atoms with Crippen LogP contribution in [0.3, 0.4) is 0 Å². The van der Waals surface area contributed by atoms with Crippen LogP contribution in [0.25, 0.3) is 0 Å². The highest BCUT2D eigenvalue weighted by Crippen LogP contribution is 2.05. The zero-order valence-corrected chi connectivity index (χ0v) is 6.35. The van der Waals surface area contributed by atoms with E-state index in [2.05, 4.69) is 0 Å². The molecule has 0 atom stereocenters. The van der Waals surface area contributed by atoms with Crippen molar-refractivity contribution in [3.8, 4) is 0 Å². The van der Waals surface area contributed by atoms with Crippen molar-refractivity contribution >= 4 is 5.97 Å². The molecule has 0 aromatic rings. The summed E-state index contributed by atoms with van der Waals surface area (Å²) in [6.07, 6.45) is 0.100. The van der Waals surface area contributed by atoms with E-state index in [0.29, 0.717) is 6.54 Å². The Bertz CT molecular complexity index is 161. The smallest absolute Gasteiger partial charge is 0.307 e. The Hall–Kier alpha value is -0.830. The van der Waals surface area contributed by atoms with Crippen LogP contribution in [0.15, 0.2) is 11.1 Å². The predicted octanol–water partition coefficient (Wildman–Crippen LogP) is 0.756. The summed E-state index contributed by atoms with van der Waals surface area (Å²) >= 11 is 0. The van der Waals surface area contributed by atoms with Gasteiger partial charge in [-0.2, -0.15) is 0 Å². The number of nitrogens with two attached hydrogens (primary N) is 1. The van der Waals surface area contributed by atoms with Gasteiger partial charge in [-0.25, -0.2) is 0 Å². The zero-order chi connectivity index (χ0) is 8.15. The van der Waals surface area contributed by atoms with E-state index in [0.717, 1.165) is 11.1 Å². The molecule has 0 amide bonds. The van der Waals surface area contributed by atoms with E-state index in [-0.39, 0.29) is 6.42 Å². The molecule has 0 aliphatic carbocycles. The minimum absolute atomic E-state index is 0.100. The summed E-state index contributed by atoms with van der Waals surface area (Å²) in [6.45, 7) is 4.08. The van der Waals surface area contributed by atoms with E-state index in [1.54, 1.807) is 6.92 Å². The van der Waals surface area contributed by atoms with Crippen LogP contribution < -0.4 is 5.73 Å². The predicted molar refractivity (Wildman–Crippen MR) is 39.7 cm³/mol. The molecule has 3 nitrogen and oxygen atoms in total. The molecule has 58 valence electrons. The molecular formula is C7H13NO2. The van der Waals surface area contributed by atoms with Gasteiger partial charge in [0.05, 0.1) is 6.42 Å². The first-order chi connectivity index (χ1) is 4.57. The highest BCUT2D eigenvalue weighted by Gasteiger charge is 2.00. The van der Waals surface area contributed by atoms with E-state index in [1.165, 1.54) is 0 Å². The van der Waals surface area contributed by atoms with Crippen LogP contribution in [0.2, 0.25) is 0 Å². The molecule has 0 saturated carbocycles. The average Bonchev–Trinajstić information content (AvgIpc) is 1.85. The van der Waals surface area contributed by atoms with Crippen molar-refractivity contribution in [1.29, 1.82) is 0 Å². The topological polar surface area (TPSA) is 63.3 Å². The number of aliphatic carboxylic acids is 1. The highest BCUT2D eigenvalue weighted by atomic mass is 16.4. The monoisotopic (exact) mass is 143 g/mol. The average molecular weight is 143 g/mol. The molecule has 0 aromatic heterocycles. The van der Waals surface area contributed by atoms with E-state index in [9.17, 15) is 4.79 Å². The summed E-state index contributed by atoms with van der Waals surface area (Å²) in [5, 5.41) is 8.35. The van der Waals surface area contributed by atoms with Gasteiger partial charge in [0.15, 0.2) is 0 Å². The Morgan fingerprint density at radius 3 is 2.20 bits per heavy atom. The van der Waals surface area contributed by atoms with Crippen LogP contribution in [-0.4, -0.2) is 17.6 Å². The van der Waals surface area contributed by atoms with Crippen LogP contribution in [0.1, 0.15) is 20.3 Å². The van der Waals surface area contributed by atoms with Crippen molar-refractivity contribution in [3.05, 3.63) is 11.1 Å². The summed E-state index contributed by atoms with van der Waals surface area (Å²) in [6, 6.07) is 0. The Morgan fingerprint density at radius 1 is 1.40 bits per heavy atom. The first-order valence-corrected chi connectivity index (χ1v) is 3.15. The maximum atomic E-state index is 10.2. The Labute approximate surface area is 60.5 Å². The standard InChI is InChI=1S/C7H13NO2/c1-5(3-7(9)10)6(2)4-8/h3-4,8H2,1-2H3,(H,9,10)/b6-5+. The summed E-state index contributed by atoms with van der Waals surface area (Å²) in [7, 11) is 0. The Balaban J connectivity index is 4.04. The lowest BCUT2D eigenvalue weighted by Crippen LogP contribution is -2.04. The number of hydrogen-bond donors (Lipinski definition) is 2. The zero-order valence-electron chi connectivity index (χ0n) is 6.35. The lowest BCUT2D eigenvalue weighted by molar-refractivity contribution is -0.136. The van der Waals surface area contributed by atoms with E-state index < -0.39 is 5.97 Å². The summed E-state index contributed by atoms with van der Waals surface area (Å²) in [5.74, 6) is -0.801. The van der Waals surface area contributed by atoms with Gasteiger partial charge in [0.2, 0.25) is 0 Å². The molecule has 0 fully saturated rings. The lowest BCUT2D eigenvalue weighted by Gasteiger charge is -2.00. The quantitative estimate of drug-likeness (QED) is 0.573. The largest absolute Gasteiger partial charge is 0.481 e. The third kappa shape index (κ3) is 3.25. The van der Waals surface area contributed by atoms with Gasteiger partial charge in [0.1, 0.15) is 0 Å². The van der Waals surface area contributed by atoms with Crippen molar-refractivity contribution < 1.29 is 9.90 Å². The number of carboxylic acid groups (broad SMARTS) is 1. The van der Waals surface area contributed by atoms with Crippen molar-refractivity contribution in [2.75, 3.05) is 6.54 Å². The first-order valence-electron chi connectivity index (χ1n) is 3.15. The minimum Gasteiger partial charge on any atom is -0.481 e. The summed E-state index contributed by atoms with van der Waals surface area (Å²) in [5.41, 5.74) is 7.11. The molecule has 3 N–H and O–H groups in total. The van der Waals surface area contributed by atoms with Gasteiger partial charge in [0, 0.05) is 6.54 Å². The van der Waals surface area contributed by atoms with Crippen LogP contribution in [-0.2, 0) is 4.79 Å².